The predicted molar refractivity (Wildman–Crippen MR) is 52.4 cm³/mol. The molecule has 1 saturated heterocycles. The third kappa shape index (κ3) is 2.42. The van der Waals surface area contributed by atoms with Gasteiger partial charge in [-0.1, -0.05) is 20.8 Å². The summed E-state index contributed by atoms with van der Waals surface area (Å²) in [6.45, 7) is 9.84. The zero-order valence-corrected chi connectivity index (χ0v) is 9.09. The van der Waals surface area contributed by atoms with Crippen LogP contribution in [0.5, 0.6) is 0 Å². The molecule has 0 spiro atoms. The summed E-state index contributed by atoms with van der Waals surface area (Å²) < 4.78 is 11.3. The van der Waals surface area contributed by atoms with Crippen molar-refractivity contribution in [3.63, 3.8) is 0 Å². The molecule has 1 aliphatic rings. The van der Waals surface area contributed by atoms with Gasteiger partial charge in [-0.2, -0.15) is 0 Å². The summed E-state index contributed by atoms with van der Waals surface area (Å²) in [5, 5.41) is 0. The molecule has 0 aromatic heterocycles. The fourth-order valence-corrected chi connectivity index (χ4v) is 1.22. The van der Waals surface area contributed by atoms with Crippen molar-refractivity contribution in [2.75, 3.05) is 13.2 Å². The SMILES string of the molecule is CC(C)(C)C1(C)COC(N)CCO1. The maximum Gasteiger partial charge on any atom is 0.107 e. The Morgan fingerprint density at radius 1 is 1.38 bits per heavy atom. The van der Waals surface area contributed by atoms with Crippen LogP contribution in [0.1, 0.15) is 34.1 Å². The second kappa shape index (κ2) is 3.56. The molecule has 2 unspecified atom stereocenters. The Morgan fingerprint density at radius 2 is 2.00 bits per heavy atom. The van der Waals surface area contributed by atoms with Crippen LogP contribution in [-0.2, 0) is 9.47 Å². The molecule has 0 aromatic carbocycles. The first kappa shape index (κ1) is 11.0. The van der Waals surface area contributed by atoms with Crippen LogP contribution < -0.4 is 5.73 Å². The van der Waals surface area contributed by atoms with Crippen LogP contribution in [0.3, 0.4) is 0 Å². The molecular weight excluding hydrogens is 166 g/mol. The van der Waals surface area contributed by atoms with Crippen LogP contribution in [0.4, 0.5) is 0 Å². The quantitative estimate of drug-likeness (QED) is 0.625. The predicted octanol–water partition coefficient (Wildman–Crippen LogP) is 1.51. The van der Waals surface area contributed by atoms with E-state index in [4.69, 9.17) is 15.2 Å². The Morgan fingerprint density at radius 3 is 2.54 bits per heavy atom. The van der Waals surface area contributed by atoms with Gasteiger partial charge in [-0.15, -0.1) is 0 Å². The molecule has 1 fully saturated rings. The summed E-state index contributed by atoms with van der Waals surface area (Å²) in [7, 11) is 0. The Hall–Kier alpha value is -0.120. The molecule has 13 heavy (non-hydrogen) atoms. The third-order valence-electron chi connectivity index (χ3n) is 2.98. The minimum atomic E-state index is -0.221. The van der Waals surface area contributed by atoms with Crippen molar-refractivity contribution in [1.82, 2.24) is 0 Å². The number of hydrogen-bond donors (Lipinski definition) is 1. The molecule has 0 aliphatic carbocycles. The van der Waals surface area contributed by atoms with Gasteiger partial charge in [0.2, 0.25) is 0 Å². The molecule has 1 aliphatic heterocycles. The van der Waals surface area contributed by atoms with Crippen LogP contribution in [0.2, 0.25) is 0 Å². The van der Waals surface area contributed by atoms with Crippen LogP contribution in [0.25, 0.3) is 0 Å². The van der Waals surface area contributed by atoms with Crippen molar-refractivity contribution in [1.29, 1.82) is 0 Å². The summed E-state index contributed by atoms with van der Waals surface area (Å²) in [6.07, 6.45) is 0.621. The van der Waals surface area contributed by atoms with E-state index in [1.165, 1.54) is 0 Å². The highest BCUT2D eigenvalue weighted by molar-refractivity contribution is 4.89. The number of ether oxygens (including phenoxy) is 2. The summed E-state index contributed by atoms with van der Waals surface area (Å²) in [4.78, 5) is 0. The van der Waals surface area contributed by atoms with Gasteiger partial charge in [0.05, 0.1) is 18.8 Å². The second-order valence-electron chi connectivity index (χ2n) is 4.97. The smallest absolute Gasteiger partial charge is 0.107 e. The van der Waals surface area contributed by atoms with E-state index in [0.29, 0.717) is 13.2 Å². The molecule has 3 heteroatoms. The first-order chi connectivity index (χ1) is 5.85. The van der Waals surface area contributed by atoms with Gasteiger partial charge >= 0.3 is 0 Å². The maximum absolute atomic E-state index is 5.82. The van der Waals surface area contributed by atoms with Gasteiger partial charge in [0.15, 0.2) is 0 Å². The zero-order valence-electron chi connectivity index (χ0n) is 9.09. The first-order valence-electron chi connectivity index (χ1n) is 4.86. The van der Waals surface area contributed by atoms with E-state index in [9.17, 15) is 0 Å². The molecule has 2 atom stereocenters. The van der Waals surface area contributed by atoms with E-state index in [-0.39, 0.29) is 17.2 Å². The average Bonchev–Trinajstić information content (AvgIpc) is 2.13. The van der Waals surface area contributed by atoms with Crippen LogP contribution in [0, 0.1) is 5.41 Å². The molecule has 1 rings (SSSR count). The number of nitrogens with two attached hydrogens (primary N) is 1. The fraction of sp³-hybridized carbons (Fsp3) is 1.00. The number of rotatable bonds is 0. The molecule has 3 nitrogen and oxygen atoms in total. The summed E-state index contributed by atoms with van der Waals surface area (Å²) in [5.41, 5.74) is 5.56. The van der Waals surface area contributed by atoms with E-state index >= 15 is 0 Å². The molecule has 78 valence electrons. The minimum absolute atomic E-state index is 0.0804. The standard InChI is InChI=1S/C10H21NO2/c1-9(2,3)10(4)7-12-8(11)5-6-13-10/h8H,5-7,11H2,1-4H3. The van der Waals surface area contributed by atoms with Crippen molar-refractivity contribution in [3.05, 3.63) is 0 Å². The topological polar surface area (TPSA) is 44.5 Å². The van der Waals surface area contributed by atoms with Gasteiger partial charge in [-0.05, 0) is 12.3 Å². The Kier molecular flexibility index (Phi) is 3.00. The molecule has 0 radical (unpaired) electrons. The summed E-state index contributed by atoms with van der Waals surface area (Å²) in [6, 6.07) is 0. The largest absolute Gasteiger partial charge is 0.372 e. The Labute approximate surface area is 80.6 Å². The van der Waals surface area contributed by atoms with Gasteiger partial charge in [0.25, 0.3) is 0 Å². The monoisotopic (exact) mass is 187 g/mol. The van der Waals surface area contributed by atoms with Gasteiger partial charge in [0.1, 0.15) is 6.23 Å². The van der Waals surface area contributed by atoms with Gasteiger partial charge in [-0.3, -0.25) is 0 Å². The minimum Gasteiger partial charge on any atom is -0.372 e. The van der Waals surface area contributed by atoms with E-state index in [1.807, 2.05) is 0 Å². The van der Waals surface area contributed by atoms with E-state index in [1.54, 1.807) is 0 Å². The van der Waals surface area contributed by atoms with Gasteiger partial charge in [0, 0.05) is 6.42 Å². The highest BCUT2D eigenvalue weighted by atomic mass is 16.6. The van der Waals surface area contributed by atoms with Crippen LogP contribution in [-0.4, -0.2) is 25.0 Å². The molecule has 0 aromatic rings. The van der Waals surface area contributed by atoms with E-state index in [0.717, 1.165) is 6.42 Å². The van der Waals surface area contributed by atoms with Crippen molar-refractivity contribution in [3.8, 4) is 0 Å². The van der Waals surface area contributed by atoms with Crippen molar-refractivity contribution in [2.45, 2.75) is 45.9 Å². The molecule has 2 N–H and O–H groups in total. The Balaban J connectivity index is 2.68. The summed E-state index contributed by atoms with van der Waals surface area (Å²) in [5.74, 6) is 0. The first-order valence-corrected chi connectivity index (χ1v) is 4.86. The molecule has 0 bridgehead atoms. The third-order valence-corrected chi connectivity index (χ3v) is 2.98. The molecule has 1 heterocycles. The molecule has 0 amide bonds. The lowest BCUT2D eigenvalue weighted by Crippen LogP contribution is -2.46. The summed E-state index contributed by atoms with van der Waals surface area (Å²) >= 11 is 0. The normalized spacial score (nSPS) is 37.2. The van der Waals surface area contributed by atoms with E-state index in [2.05, 4.69) is 27.7 Å². The van der Waals surface area contributed by atoms with Crippen LogP contribution >= 0.6 is 0 Å². The fourth-order valence-electron chi connectivity index (χ4n) is 1.22. The van der Waals surface area contributed by atoms with Crippen molar-refractivity contribution >= 4 is 0 Å². The van der Waals surface area contributed by atoms with Gasteiger partial charge in [-0.25, -0.2) is 0 Å². The van der Waals surface area contributed by atoms with Crippen molar-refractivity contribution in [2.24, 2.45) is 11.1 Å². The highest BCUT2D eigenvalue weighted by Gasteiger charge is 2.40. The lowest BCUT2D eigenvalue weighted by Gasteiger charge is -2.40. The maximum atomic E-state index is 5.82. The highest BCUT2D eigenvalue weighted by Crippen LogP contribution is 2.35. The second-order valence-corrected chi connectivity index (χ2v) is 4.97. The van der Waals surface area contributed by atoms with E-state index < -0.39 is 0 Å². The Bertz CT molecular complexity index is 176. The average molecular weight is 187 g/mol. The zero-order chi connectivity index (χ0) is 10.1. The van der Waals surface area contributed by atoms with Gasteiger partial charge < -0.3 is 15.2 Å². The number of hydrogen-bond acceptors (Lipinski definition) is 3. The lowest BCUT2D eigenvalue weighted by molar-refractivity contribution is -0.126. The van der Waals surface area contributed by atoms with Crippen LogP contribution in [0.15, 0.2) is 0 Å². The molecule has 0 saturated carbocycles. The van der Waals surface area contributed by atoms with Crippen molar-refractivity contribution < 1.29 is 9.47 Å². The lowest BCUT2D eigenvalue weighted by atomic mass is 9.78. The molecular formula is C10H21NO2.